The van der Waals surface area contributed by atoms with Crippen molar-refractivity contribution in [3.8, 4) is 0 Å². The summed E-state index contributed by atoms with van der Waals surface area (Å²) in [5.74, 6) is 0. The normalized spacial score (nSPS) is 10.7. The van der Waals surface area contributed by atoms with Gasteiger partial charge in [-0.1, -0.05) is 59.8 Å². The van der Waals surface area contributed by atoms with Gasteiger partial charge < -0.3 is 0 Å². The number of fused-ring (bicyclic) bond motifs is 1. The fourth-order valence-electron chi connectivity index (χ4n) is 1.78. The molecule has 4 heteroatoms. The van der Waals surface area contributed by atoms with E-state index in [9.17, 15) is 0 Å². The van der Waals surface area contributed by atoms with E-state index in [0.29, 0.717) is 0 Å². The van der Waals surface area contributed by atoms with Crippen LogP contribution >= 0.6 is 0 Å². The molecule has 1 radical (unpaired) electrons. The van der Waals surface area contributed by atoms with Crippen LogP contribution in [0.5, 0.6) is 0 Å². The SMILES string of the molecule is C(=Cc1cccc2[nH]nnc12)c1ccccc1.[Na]. The first-order chi connectivity index (χ1) is 8.43. The first-order valence-corrected chi connectivity index (χ1v) is 5.46. The Morgan fingerprint density at radius 2 is 1.72 bits per heavy atom. The molecule has 0 unspecified atom stereocenters. The summed E-state index contributed by atoms with van der Waals surface area (Å²) in [6.07, 6.45) is 4.13. The maximum atomic E-state index is 4.07. The van der Waals surface area contributed by atoms with Crippen LogP contribution in [0.15, 0.2) is 48.5 Å². The molecule has 1 heterocycles. The van der Waals surface area contributed by atoms with Gasteiger partial charge in [-0.15, -0.1) is 5.10 Å². The van der Waals surface area contributed by atoms with Crippen LogP contribution < -0.4 is 0 Å². The predicted octanol–water partition coefficient (Wildman–Crippen LogP) is 2.75. The average Bonchev–Trinajstić information content (AvgIpc) is 2.86. The van der Waals surface area contributed by atoms with Crippen molar-refractivity contribution in [3.63, 3.8) is 0 Å². The third-order valence-electron chi connectivity index (χ3n) is 2.64. The van der Waals surface area contributed by atoms with E-state index in [1.54, 1.807) is 0 Å². The van der Waals surface area contributed by atoms with Crippen LogP contribution in [-0.4, -0.2) is 45.0 Å². The summed E-state index contributed by atoms with van der Waals surface area (Å²) in [6, 6.07) is 16.2. The van der Waals surface area contributed by atoms with Gasteiger partial charge in [0.25, 0.3) is 0 Å². The number of aromatic nitrogens is 3. The van der Waals surface area contributed by atoms with E-state index < -0.39 is 0 Å². The Labute approximate surface area is 127 Å². The minimum atomic E-state index is 0. The van der Waals surface area contributed by atoms with Gasteiger partial charge in [0.05, 0.1) is 5.52 Å². The molecule has 0 aliphatic rings. The molecule has 0 aliphatic carbocycles. The van der Waals surface area contributed by atoms with Gasteiger partial charge in [0, 0.05) is 35.1 Å². The first-order valence-electron chi connectivity index (χ1n) is 5.46. The molecule has 18 heavy (non-hydrogen) atoms. The Bertz CT molecular complexity index is 659. The molecule has 0 spiro atoms. The van der Waals surface area contributed by atoms with Gasteiger partial charge in [-0.25, -0.2) is 0 Å². The van der Waals surface area contributed by atoms with E-state index in [2.05, 4.69) is 39.7 Å². The number of aromatic amines is 1. The van der Waals surface area contributed by atoms with Crippen LogP contribution in [-0.2, 0) is 0 Å². The van der Waals surface area contributed by atoms with Gasteiger partial charge in [0.15, 0.2) is 0 Å². The van der Waals surface area contributed by atoms with Crippen molar-refractivity contribution < 1.29 is 0 Å². The smallest absolute Gasteiger partial charge is 0.120 e. The van der Waals surface area contributed by atoms with Crippen molar-refractivity contribution >= 4 is 52.7 Å². The van der Waals surface area contributed by atoms with Gasteiger partial charge in [-0.05, 0) is 11.6 Å². The standard InChI is InChI=1S/C14H11N3.Na/c1-2-5-11(6-3-1)9-10-12-7-4-8-13-14(12)16-17-15-13;/h1-10H,(H,15,16,17);. The van der Waals surface area contributed by atoms with Crippen LogP contribution in [0.2, 0.25) is 0 Å². The molecule has 0 aliphatic heterocycles. The van der Waals surface area contributed by atoms with Crippen molar-refractivity contribution in [1.82, 2.24) is 15.4 Å². The van der Waals surface area contributed by atoms with Crippen LogP contribution in [0, 0.1) is 0 Å². The van der Waals surface area contributed by atoms with Gasteiger partial charge in [-0.2, -0.15) is 0 Å². The molecule has 0 atom stereocenters. The van der Waals surface area contributed by atoms with E-state index in [1.807, 2.05) is 36.4 Å². The average molecular weight is 244 g/mol. The van der Waals surface area contributed by atoms with Crippen molar-refractivity contribution in [2.45, 2.75) is 0 Å². The number of hydrogen-bond donors (Lipinski definition) is 1. The molecular weight excluding hydrogens is 233 g/mol. The maximum Gasteiger partial charge on any atom is 0.120 e. The van der Waals surface area contributed by atoms with Crippen molar-refractivity contribution in [3.05, 3.63) is 59.7 Å². The zero-order valence-corrected chi connectivity index (χ0v) is 12.2. The zero-order chi connectivity index (χ0) is 11.5. The number of benzene rings is 2. The Balaban J connectivity index is 0.00000120. The van der Waals surface area contributed by atoms with Crippen molar-refractivity contribution in [1.29, 1.82) is 0 Å². The summed E-state index contributed by atoms with van der Waals surface area (Å²) in [4.78, 5) is 0. The molecule has 0 saturated carbocycles. The zero-order valence-electron chi connectivity index (χ0n) is 10.2. The Morgan fingerprint density at radius 3 is 2.56 bits per heavy atom. The van der Waals surface area contributed by atoms with Gasteiger partial charge >= 0.3 is 0 Å². The Morgan fingerprint density at radius 1 is 0.889 bits per heavy atom. The summed E-state index contributed by atoms with van der Waals surface area (Å²) in [6.45, 7) is 0. The van der Waals surface area contributed by atoms with Gasteiger partial charge in [0.2, 0.25) is 0 Å². The number of hydrogen-bond acceptors (Lipinski definition) is 2. The third kappa shape index (κ3) is 2.70. The molecule has 2 aromatic carbocycles. The second kappa shape index (κ2) is 5.96. The molecule has 1 N–H and O–H groups in total. The van der Waals surface area contributed by atoms with Crippen LogP contribution in [0.25, 0.3) is 23.2 Å². The quantitative estimate of drug-likeness (QED) is 0.556. The summed E-state index contributed by atoms with van der Waals surface area (Å²) in [5, 5.41) is 10.7. The number of nitrogens with one attached hydrogen (secondary N) is 1. The number of rotatable bonds is 2. The van der Waals surface area contributed by atoms with Gasteiger partial charge in [-0.3, -0.25) is 5.10 Å². The summed E-state index contributed by atoms with van der Waals surface area (Å²) in [5.41, 5.74) is 4.10. The van der Waals surface area contributed by atoms with E-state index >= 15 is 0 Å². The second-order valence-corrected chi connectivity index (χ2v) is 3.80. The fourth-order valence-corrected chi connectivity index (χ4v) is 1.78. The van der Waals surface area contributed by atoms with E-state index in [-0.39, 0.29) is 29.6 Å². The summed E-state index contributed by atoms with van der Waals surface area (Å²) < 4.78 is 0. The summed E-state index contributed by atoms with van der Waals surface area (Å²) in [7, 11) is 0. The predicted molar refractivity (Wildman–Crippen MR) is 75.0 cm³/mol. The number of H-pyrrole nitrogens is 1. The van der Waals surface area contributed by atoms with Crippen LogP contribution in [0.1, 0.15) is 11.1 Å². The van der Waals surface area contributed by atoms with Crippen LogP contribution in [0.4, 0.5) is 0 Å². The molecule has 3 aromatic rings. The van der Waals surface area contributed by atoms with Crippen molar-refractivity contribution in [2.75, 3.05) is 0 Å². The Kier molecular flexibility index (Phi) is 4.31. The molecule has 0 fully saturated rings. The number of nitrogens with zero attached hydrogens (tertiary/aromatic N) is 2. The topological polar surface area (TPSA) is 41.6 Å². The minimum absolute atomic E-state index is 0. The van der Waals surface area contributed by atoms with Gasteiger partial charge in [0.1, 0.15) is 5.52 Å². The molecule has 3 nitrogen and oxygen atoms in total. The van der Waals surface area contributed by atoms with E-state index in [0.717, 1.165) is 16.6 Å². The molecule has 3 rings (SSSR count). The largest absolute Gasteiger partial charge is 0.258 e. The molecule has 0 amide bonds. The molecule has 1 aromatic heterocycles. The minimum Gasteiger partial charge on any atom is -0.258 e. The third-order valence-corrected chi connectivity index (χ3v) is 2.64. The molecule has 83 valence electrons. The molecule has 0 saturated heterocycles. The Hall–Kier alpha value is -1.42. The van der Waals surface area contributed by atoms with Crippen LogP contribution in [0.3, 0.4) is 0 Å². The summed E-state index contributed by atoms with van der Waals surface area (Å²) >= 11 is 0. The van der Waals surface area contributed by atoms with E-state index in [4.69, 9.17) is 0 Å². The second-order valence-electron chi connectivity index (χ2n) is 3.80. The fraction of sp³-hybridized carbons (Fsp3) is 0. The first kappa shape index (κ1) is 13.0. The monoisotopic (exact) mass is 244 g/mol. The molecule has 0 bridgehead atoms. The maximum absolute atomic E-state index is 4.07. The van der Waals surface area contributed by atoms with Crippen molar-refractivity contribution in [2.24, 2.45) is 0 Å². The van der Waals surface area contributed by atoms with E-state index in [1.165, 1.54) is 5.56 Å². The molecular formula is C14H11N3Na.